The van der Waals surface area contributed by atoms with Crippen LogP contribution in [0.1, 0.15) is 23.2 Å². The zero-order chi connectivity index (χ0) is 14.4. The van der Waals surface area contributed by atoms with Gasteiger partial charge in [0.25, 0.3) is 0 Å². The molecule has 0 fully saturated rings. The first-order valence-corrected chi connectivity index (χ1v) is 6.20. The van der Waals surface area contributed by atoms with Gasteiger partial charge in [-0.3, -0.25) is 9.59 Å². The monoisotopic (exact) mass is 272 g/mol. The number of hydrogen-bond donors (Lipinski definition) is 0. The van der Waals surface area contributed by atoms with E-state index >= 15 is 0 Å². The number of ketones is 1. The highest BCUT2D eigenvalue weighted by atomic mass is 19.1. The molecule has 2 rings (SSSR count). The Morgan fingerprint density at radius 1 is 0.900 bits per heavy atom. The number of para-hydroxylation sites is 1. The average molecular weight is 272 g/mol. The van der Waals surface area contributed by atoms with Crippen molar-refractivity contribution in [1.29, 1.82) is 0 Å². The molecule has 0 radical (unpaired) electrons. The van der Waals surface area contributed by atoms with Crippen LogP contribution in [0.2, 0.25) is 0 Å². The summed E-state index contributed by atoms with van der Waals surface area (Å²) in [6.45, 7) is 0. The Morgan fingerprint density at radius 3 is 2.25 bits per heavy atom. The van der Waals surface area contributed by atoms with Gasteiger partial charge in [-0.2, -0.15) is 0 Å². The molecule has 0 heterocycles. The van der Waals surface area contributed by atoms with Crippen LogP contribution in [0.5, 0.6) is 5.75 Å². The zero-order valence-electron chi connectivity index (χ0n) is 10.7. The number of carbonyl (C=O) groups excluding carboxylic acids is 2. The van der Waals surface area contributed by atoms with E-state index in [9.17, 15) is 14.0 Å². The van der Waals surface area contributed by atoms with Crippen molar-refractivity contribution in [3.63, 3.8) is 0 Å². The molecular formula is C16H13FO3. The molecule has 0 aliphatic heterocycles. The van der Waals surface area contributed by atoms with E-state index in [1.165, 1.54) is 18.2 Å². The van der Waals surface area contributed by atoms with E-state index in [1.54, 1.807) is 30.3 Å². The summed E-state index contributed by atoms with van der Waals surface area (Å²) in [5.74, 6) is -1.49. The fourth-order valence-corrected chi connectivity index (χ4v) is 1.69. The van der Waals surface area contributed by atoms with Crippen LogP contribution in [-0.4, -0.2) is 11.8 Å². The van der Waals surface area contributed by atoms with Crippen molar-refractivity contribution in [3.8, 4) is 5.75 Å². The highest BCUT2D eigenvalue weighted by Gasteiger charge is 2.12. The minimum absolute atomic E-state index is 0.0390. The van der Waals surface area contributed by atoms with E-state index in [0.29, 0.717) is 5.56 Å². The Bertz CT molecular complexity index is 608. The van der Waals surface area contributed by atoms with Crippen LogP contribution in [0.4, 0.5) is 4.39 Å². The van der Waals surface area contributed by atoms with Crippen LogP contribution >= 0.6 is 0 Å². The molecule has 0 bridgehead atoms. The van der Waals surface area contributed by atoms with Crippen LogP contribution in [0.15, 0.2) is 54.6 Å². The number of carbonyl (C=O) groups is 2. The molecule has 0 amide bonds. The maximum Gasteiger partial charge on any atom is 0.311 e. The van der Waals surface area contributed by atoms with Crippen molar-refractivity contribution < 1.29 is 18.7 Å². The third kappa shape index (κ3) is 3.75. The largest absolute Gasteiger partial charge is 0.423 e. The highest BCUT2D eigenvalue weighted by molar-refractivity contribution is 5.97. The Morgan fingerprint density at radius 2 is 1.55 bits per heavy atom. The maximum atomic E-state index is 13.3. The summed E-state index contributed by atoms with van der Waals surface area (Å²) >= 11 is 0. The molecule has 0 aromatic heterocycles. The molecule has 0 aliphatic carbocycles. The Labute approximate surface area is 116 Å². The first-order valence-electron chi connectivity index (χ1n) is 6.20. The van der Waals surface area contributed by atoms with Gasteiger partial charge in [0.15, 0.2) is 17.3 Å². The van der Waals surface area contributed by atoms with E-state index in [4.69, 9.17) is 4.74 Å². The Hall–Kier alpha value is -2.49. The lowest BCUT2D eigenvalue weighted by atomic mass is 10.1. The smallest absolute Gasteiger partial charge is 0.311 e. The van der Waals surface area contributed by atoms with Gasteiger partial charge < -0.3 is 4.74 Å². The number of benzene rings is 2. The highest BCUT2D eigenvalue weighted by Crippen LogP contribution is 2.16. The lowest BCUT2D eigenvalue weighted by molar-refractivity contribution is -0.134. The van der Waals surface area contributed by atoms with Crippen molar-refractivity contribution in [2.45, 2.75) is 12.8 Å². The topological polar surface area (TPSA) is 43.4 Å². The first kappa shape index (κ1) is 13.9. The maximum absolute atomic E-state index is 13.3. The third-order valence-electron chi connectivity index (χ3n) is 2.71. The van der Waals surface area contributed by atoms with Gasteiger partial charge in [0, 0.05) is 12.0 Å². The van der Waals surface area contributed by atoms with Crippen molar-refractivity contribution in [1.82, 2.24) is 0 Å². The summed E-state index contributed by atoms with van der Waals surface area (Å²) in [7, 11) is 0. The van der Waals surface area contributed by atoms with E-state index in [1.807, 2.05) is 6.07 Å². The van der Waals surface area contributed by atoms with Gasteiger partial charge in [0.05, 0.1) is 6.42 Å². The Balaban J connectivity index is 1.87. The van der Waals surface area contributed by atoms with Gasteiger partial charge >= 0.3 is 5.97 Å². The molecule has 3 nitrogen and oxygen atoms in total. The standard InChI is InChI=1S/C16H13FO3/c17-13-8-4-5-9-15(13)20-16(19)11-10-14(18)12-6-2-1-3-7-12/h1-9H,10-11H2. The van der Waals surface area contributed by atoms with Gasteiger partial charge in [-0.25, -0.2) is 4.39 Å². The van der Waals surface area contributed by atoms with Crippen LogP contribution in [0, 0.1) is 5.82 Å². The first-order chi connectivity index (χ1) is 9.66. The van der Waals surface area contributed by atoms with E-state index in [0.717, 1.165) is 0 Å². The molecule has 4 heteroatoms. The number of esters is 1. The molecule has 2 aromatic rings. The van der Waals surface area contributed by atoms with Crippen molar-refractivity contribution >= 4 is 11.8 Å². The van der Waals surface area contributed by atoms with Gasteiger partial charge in [-0.1, -0.05) is 42.5 Å². The zero-order valence-corrected chi connectivity index (χ0v) is 10.7. The predicted molar refractivity (Wildman–Crippen MR) is 72.0 cm³/mol. The van der Waals surface area contributed by atoms with Crippen LogP contribution in [0.3, 0.4) is 0 Å². The van der Waals surface area contributed by atoms with E-state index < -0.39 is 11.8 Å². The van der Waals surface area contributed by atoms with Gasteiger partial charge in [-0.15, -0.1) is 0 Å². The molecule has 0 atom stereocenters. The summed E-state index contributed by atoms with van der Waals surface area (Å²) in [5.41, 5.74) is 0.547. The SMILES string of the molecule is O=C(CCC(=O)c1ccccc1)Oc1ccccc1F. The second-order valence-corrected chi connectivity index (χ2v) is 4.19. The molecule has 0 aliphatic rings. The number of Topliss-reactive ketones (excluding diaryl/α,β-unsaturated/α-hetero) is 1. The Kier molecular flexibility index (Phi) is 4.60. The van der Waals surface area contributed by atoms with Crippen LogP contribution < -0.4 is 4.74 Å². The van der Waals surface area contributed by atoms with E-state index in [-0.39, 0.29) is 24.4 Å². The molecule has 0 saturated heterocycles. The van der Waals surface area contributed by atoms with Gasteiger partial charge in [-0.05, 0) is 12.1 Å². The number of hydrogen-bond acceptors (Lipinski definition) is 3. The summed E-state index contributed by atoms with van der Waals surface area (Å²) in [6.07, 6.45) is -0.0423. The molecule has 20 heavy (non-hydrogen) atoms. The van der Waals surface area contributed by atoms with Crippen LogP contribution in [0.25, 0.3) is 0 Å². The summed E-state index contributed by atoms with van der Waals surface area (Å²) < 4.78 is 18.1. The van der Waals surface area contributed by atoms with Crippen molar-refractivity contribution in [2.75, 3.05) is 0 Å². The fraction of sp³-hybridized carbons (Fsp3) is 0.125. The van der Waals surface area contributed by atoms with Crippen LogP contribution in [-0.2, 0) is 4.79 Å². The van der Waals surface area contributed by atoms with Gasteiger partial charge in [0.2, 0.25) is 0 Å². The second-order valence-electron chi connectivity index (χ2n) is 4.19. The average Bonchev–Trinajstić information content (AvgIpc) is 2.48. The number of ether oxygens (including phenoxy) is 1. The lowest BCUT2D eigenvalue weighted by Crippen LogP contribution is -2.11. The van der Waals surface area contributed by atoms with E-state index in [2.05, 4.69) is 0 Å². The lowest BCUT2D eigenvalue weighted by Gasteiger charge is -2.05. The molecular weight excluding hydrogens is 259 g/mol. The quantitative estimate of drug-likeness (QED) is 0.476. The minimum Gasteiger partial charge on any atom is -0.423 e. The molecule has 0 spiro atoms. The molecule has 2 aromatic carbocycles. The van der Waals surface area contributed by atoms with Crippen molar-refractivity contribution in [2.24, 2.45) is 0 Å². The summed E-state index contributed by atoms with van der Waals surface area (Å²) in [5, 5.41) is 0. The molecule has 0 saturated carbocycles. The number of halogens is 1. The summed E-state index contributed by atoms with van der Waals surface area (Å²) in [6, 6.07) is 14.3. The molecule has 102 valence electrons. The van der Waals surface area contributed by atoms with Gasteiger partial charge in [0.1, 0.15) is 0 Å². The normalized spacial score (nSPS) is 10.1. The predicted octanol–water partition coefficient (Wildman–Crippen LogP) is 3.39. The molecule has 0 unspecified atom stereocenters. The minimum atomic E-state index is -0.626. The molecule has 0 N–H and O–H groups in total. The van der Waals surface area contributed by atoms with Crippen molar-refractivity contribution in [3.05, 3.63) is 66.0 Å². The number of rotatable bonds is 5. The summed E-state index contributed by atoms with van der Waals surface area (Å²) in [4.78, 5) is 23.3. The second kappa shape index (κ2) is 6.61. The fourth-order valence-electron chi connectivity index (χ4n) is 1.69. The third-order valence-corrected chi connectivity index (χ3v) is 2.71.